The highest BCUT2D eigenvalue weighted by molar-refractivity contribution is 8.00. The van der Waals surface area contributed by atoms with Crippen LogP contribution in [0.1, 0.15) is 0 Å². The quantitative estimate of drug-likeness (QED) is 0.612. The lowest BCUT2D eigenvalue weighted by Crippen LogP contribution is -2.07. The normalized spacial score (nSPS) is 10.8. The third-order valence-electron chi connectivity index (χ3n) is 4.11. The summed E-state index contributed by atoms with van der Waals surface area (Å²) >= 11 is 1.64. The van der Waals surface area contributed by atoms with Crippen LogP contribution in [-0.2, 0) is 7.05 Å². The molecule has 3 aromatic rings. The van der Waals surface area contributed by atoms with E-state index in [0.29, 0.717) is 17.2 Å². The Bertz CT molecular complexity index is 867. The molecule has 0 aliphatic carbocycles. The highest BCUT2D eigenvalue weighted by atomic mass is 32.2. The molecule has 1 heterocycles. The Morgan fingerprint density at radius 1 is 0.920 bits per heavy atom. The fraction of sp³-hybridized carbons (Fsp3) is 0.263. The van der Waals surface area contributed by atoms with Gasteiger partial charge in [-0.05, 0) is 36.2 Å². The van der Waals surface area contributed by atoms with Crippen molar-refractivity contribution in [3.63, 3.8) is 0 Å². The van der Waals surface area contributed by atoms with Gasteiger partial charge in [0.15, 0.2) is 11.5 Å². The molecule has 0 saturated heterocycles. The summed E-state index contributed by atoms with van der Waals surface area (Å²) in [5.41, 5.74) is 2.19. The Hall–Kier alpha value is -2.47. The zero-order valence-corrected chi connectivity index (χ0v) is 15.9. The average molecular weight is 358 g/mol. The van der Waals surface area contributed by atoms with Crippen LogP contribution in [-0.4, -0.2) is 32.9 Å². The van der Waals surface area contributed by atoms with Crippen LogP contribution < -0.4 is 18.5 Å². The summed E-state index contributed by atoms with van der Waals surface area (Å²) in [6, 6.07) is 12.5. The highest BCUT2D eigenvalue weighted by Gasteiger charge is 2.16. The van der Waals surface area contributed by atoms with E-state index in [0.717, 1.165) is 10.6 Å². The van der Waals surface area contributed by atoms with Gasteiger partial charge in [-0.2, -0.15) is 0 Å². The Balaban J connectivity index is 1.90. The molecule has 0 spiro atoms. The second kappa shape index (κ2) is 7.19. The maximum Gasteiger partial charge on any atom is 0.203 e. The highest BCUT2D eigenvalue weighted by Crippen LogP contribution is 2.42. The molecular formula is C19H22N2O3S. The Labute approximate surface area is 152 Å². The number of rotatable bonds is 6. The number of methoxy groups -OCH3 is 3. The van der Waals surface area contributed by atoms with E-state index in [1.165, 1.54) is 10.9 Å². The van der Waals surface area contributed by atoms with E-state index >= 15 is 0 Å². The standard InChI is InChI=1S/C19H22N2O3S/c1-20-9-8-13-10-15(6-7-16(13)20)25-21(2)14-11-17(22-3)19(24-5)18(12-14)23-4/h6-12H,1-5H3. The van der Waals surface area contributed by atoms with Crippen molar-refractivity contribution in [2.45, 2.75) is 4.90 Å². The van der Waals surface area contributed by atoms with Gasteiger partial charge in [0, 0.05) is 48.2 Å². The molecule has 5 nitrogen and oxygen atoms in total. The minimum Gasteiger partial charge on any atom is -0.493 e. The monoisotopic (exact) mass is 358 g/mol. The first-order valence-corrected chi connectivity index (χ1v) is 8.61. The third kappa shape index (κ3) is 3.35. The first-order valence-electron chi connectivity index (χ1n) is 7.84. The lowest BCUT2D eigenvalue weighted by molar-refractivity contribution is 0.324. The van der Waals surface area contributed by atoms with E-state index in [-0.39, 0.29) is 0 Å². The summed E-state index contributed by atoms with van der Waals surface area (Å²) in [5, 5.41) is 1.23. The second-order valence-corrected chi connectivity index (χ2v) is 6.82. The van der Waals surface area contributed by atoms with Gasteiger partial charge in [-0.3, -0.25) is 0 Å². The summed E-state index contributed by atoms with van der Waals surface area (Å²) in [7, 11) is 8.92. The number of aromatic nitrogens is 1. The van der Waals surface area contributed by atoms with E-state index in [4.69, 9.17) is 14.2 Å². The maximum absolute atomic E-state index is 5.44. The Morgan fingerprint density at radius 3 is 2.20 bits per heavy atom. The summed E-state index contributed by atoms with van der Waals surface area (Å²) in [6.07, 6.45) is 2.07. The number of aryl methyl sites for hydroxylation is 1. The summed E-state index contributed by atoms with van der Waals surface area (Å²) < 4.78 is 20.5. The fourth-order valence-electron chi connectivity index (χ4n) is 2.78. The molecule has 0 N–H and O–H groups in total. The van der Waals surface area contributed by atoms with Crippen molar-refractivity contribution in [3.8, 4) is 17.2 Å². The van der Waals surface area contributed by atoms with Crippen LogP contribution in [0.4, 0.5) is 5.69 Å². The van der Waals surface area contributed by atoms with E-state index in [2.05, 4.69) is 46.4 Å². The van der Waals surface area contributed by atoms with Gasteiger partial charge in [0.25, 0.3) is 0 Å². The molecule has 1 aromatic heterocycles. The largest absolute Gasteiger partial charge is 0.493 e. The van der Waals surface area contributed by atoms with Gasteiger partial charge < -0.3 is 23.1 Å². The zero-order valence-electron chi connectivity index (χ0n) is 15.1. The lowest BCUT2D eigenvalue weighted by atomic mass is 10.2. The Kier molecular flexibility index (Phi) is 4.99. The number of ether oxygens (including phenoxy) is 3. The minimum atomic E-state index is 0.595. The molecular weight excluding hydrogens is 336 g/mol. The van der Waals surface area contributed by atoms with Crippen LogP contribution >= 0.6 is 11.9 Å². The molecule has 0 bridgehead atoms. The Morgan fingerprint density at radius 2 is 1.60 bits per heavy atom. The van der Waals surface area contributed by atoms with E-state index in [9.17, 15) is 0 Å². The number of hydrogen-bond acceptors (Lipinski definition) is 5. The SMILES string of the molecule is COc1cc(N(C)Sc2ccc3c(ccn3C)c2)cc(OC)c1OC. The van der Waals surface area contributed by atoms with Crippen LogP contribution in [0.2, 0.25) is 0 Å². The molecule has 0 aliphatic heterocycles. The minimum absolute atomic E-state index is 0.595. The summed E-state index contributed by atoms with van der Waals surface area (Å²) in [4.78, 5) is 1.16. The molecule has 132 valence electrons. The topological polar surface area (TPSA) is 35.9 Å². The first-order chi connectivity index (χ1) is 12.1. The van der Waals surface area contributed by atoms with Crippen molar-refractivity contribution in [2.75, 3.05) is 32.7 Å². The van der Waals surface area contributed by atoms with Crippen molar-refractivity contribution >= 4 is 28.5 Å². The zero-order chi connectivity index (χ0) is 18.0. The number of fused-ring (bicyclic) bond motifs is 1. The first kappa shape index (κ1) is 17.4. The van der Waals surface area contributed by atoms with Gasteiger partial charge in [-0.15, -0.1) is 0 Å². The van der Waals surface area contributed by atoms with Gasteiger partial charge in [-0.1, -0.05) is 0 Å². The van der Waals surface area contributed by atoms with Crippen molar-refractivity contribution in [2.24, 2.45) is 7.05 Å². The number of hydrogen-bond donors (Lipinski definition) is 0. The molecule has 0 saturated carbocycles. The predicted molar refractivity (Wildman–Crippen MR) is 103 cm³/mol. The summed E-state index contributed by atoms with van der Waals surface area (Å²) in [5.74, 6) is 1.88. The van der Waals surface area contributed by atoms with Crippen molar-refractivity contribution < 1.29 is 14.2 Å². The average Bonchev–Trinajstić information content (AvgIpc) is 3.00. The van der Waals surface area contributed by atoms with Crippen LogP contribution in [0.25, 0.3) is 10.9 Å². The maximum atomic E-state index is 5.44. The lowest BCUT2D eigenvalue weighted by Gasteiger charge is -2.21. The predicted octanol–water partition coefficient (Wildman–Crippen LogP) is 4.35. The fourth-order valence-corrected chi connectivity index (χ4v) is 3.61. The van der Waals surface area contributed by atoms with Crippen LogP contribution in [0.3, 0.4) is 0 Å². The molecule has 6 heteroatoms. The van der Waals surface area contributed by atoms with Gasteiger partial charge in [0.2, 0.25) is 5.75 Å². The molecule has 3 rings (SSSR count). The van der Waals surface area contributed by atoms with Crippen molar-refractivity contribution in [1.29, 1.82) is 0 Å². The van der Waals surface area contributed by atoms with E-state index in [1.807, 2.05) is 19.2 Å². The molecule has 2 aromatic carbocycles. The van der Waals surface area contributed by atoms with Crippen molar-refractivity contribution in [1.82, 2.24) is 4.57 Å². The smallest absolute Gasteiger partial charge is 0.203 e. The molecule has 0 fully saturated rings. The van der Waals surface area contributed by atoms with Gasteiger partial charge in [0.05, 0.1) is 27.0 Å². The van der Waals surface area contributed by atoms with Gasteiger partial charge >= 0.3 is 0 Å². The number of nitrogens with zero attached hydrogens (tertiary/aromatic N) is 2. The van der Waals surface area contributed by atoms with E-state index < -0.39 is 0 Å². The summed E-state index contributed by atoms with van der Waals surface area (Å²) in [6.45, 7) is 0. The third-order valence-corrected chi connectivity index (χ3v) is 5.06. The van der Waals surface area contributed by atoms with Crippen molar-refractivity contribution in [3.05, 3.63) is 42.6 Å². The van der Waals surface area contributed by atoms with Crippen LogP contribution in [0.5, 0.6) is 17.2 Å². The van der Waals surface area contributed by atoms with Gasteiger partial charge in [0.1, 0.15) is 0 Å². The number of anilines is 1. The molecule has 0 unspecified atom stereocenters. The number of benzene rings is 2. The molecule has 25 heavy (non-hydrogen) atoms. The molecule has 0 aliphatic rings. The van der Waals surface area contributed by atoms with Gasteiger partial charge in [-0.25, -0.2) is 0 Å². The van der Waals surface area contributed by atoms with E-state index in [1.54, 1.807) is 33.3 Å². The van der Waals surface area contributed by atoms with Crippen LogP contribution in [0.15, 0.2) is 47.5 Å². The molecule has 0 radical (unpaired) electrons. The second-order valence-electron chi connectivity index (χ2n) is 5.62. The van der Waals surface area contributed by atoms with Crippen LogP contribution in [0, 0.1) is 0 Å². The molecule has 0 atom stereocenters. The molecule has 0 amide bonds.